The Balaban J connectivity index is 2.57. The molecule has 6 heteroatoms. The Morgan fingerprint density at radius 3 is 2.45 bits per heavy atom. The SMILES string of the molecule is CNC(c1ccccc1C(F)(F)F)c1ncccc1Br. The molecule has 1 atom stereocenters. The van der Waals surface area contributed by atoms with Crippen LogP contribution in [0.5, 0.6) is 0 Å². The Hall–Kier alpha value is -1.40. The molecule has 1 aromatic carbocycles. The third-order valence-corrected chi connectivity index (χ3v) is 3.60. The van der Waals surface area contributed by atoms with Gasteiger partial charge >= 0.3 is 6.18 Å². The van der Waals surface area contributed by atoms with Gasteiger partial charge in [0.25, 0.3) is 0 Å². The molecule has 0 aliphatic rings. The largest absolute Gasteiger partial charge is 0.416 e. The highest BCUT2D eigenvalue weighted by Crippen LogP contribution is 2.37. The summed E-state index contributed by atoms with van der Waals surface area (Å²) in [6.45, 7) is 0. The fourth-order valence-corrected chi connectivity index (χ4v) is 2.54. The number of hydrogen-bond donors (Lipinski definition) is 1. The van der Waals surface area contributed by atoms with E-state index in [0.29, 0.717) is 10.2 Å². The number of alkyl halides is 3. The maximum Gasteiger partial charge on any atom is 0.416 e. The fourth-order valence-electron chi connectivity index (χ4n) is 2.06. The van der Waals surface area contributed by atoms with Gasteiger partial charge in [0.15, 0.2) is 0 Å². The van der Waals surface area contributed by atoms with Gasteiger partial charge in [-0.1, -0.05) is 18.2 Å². The molecule has 1 heterocycles. The van der Waals surface area contributed by atoms with E-state index in [1.165, 1.54) is 12.1 Å². The Labute approximate surface area is 123 Å². The number of nitrogens with zero attached hydrogens (tertiary/aromatic N) is 1. The second kappa shape index (κ2) is 5.93. The van der Waals surface area contributed by atoms with Gasteiger partial charge in [-0.2, -0.15) is 13.2 Å². The molecule has 0 spiro atoms. The second-order valence-corrected chi connectivity index (χ2v) is 5.03. The first kappa shape index (κ1) is 15.0. The van der Waals surface area contributed by atoms with Crippen LogP contribution in [0.3, 0.4) is 0 Å². The van der Waals surface area contributed by atoms with E-state index in [9.17, 15) is 13.2 Å². The number of aromatic nitrogens is 1. The first-order chi connectivity index (χ1) is 9.45. The normalized spacial score (nSPS) is 13.2. The topological polar surface area (TPSA) is 24.9 Å². The summed E-state index contributed by atoms with van der Waals surface area (Å²) in [6.07, 6.45) is -2.84. The zero-order chi connectivity index (χ0) is 14.8. The zero-order valence-electron chi connectivity index (χ0n) is 10.6. The molecular formula is C14H12BrF3N2. The maximum atomic E-state index is 13.1. The van der Waals surface area contributed by atoms with E-state index < -0.39 is 17.8 Å². The van der Waals surface area contributed by atoms with E-state index in [1.54, 1.807) is 31.4 Å². The molecule has 2 nitrogen and oxygen atoms in total. The van der Waals surface area contributed by atoms with Crippen molar-refractivity contribution in [2.24, 2.45) is 0 Å². The quantitative estimate of drug-likeness (QED) is 0.903. The minimum Gasteiger partial charge on any atom is -0.308 e. The van der Waals surface area contributed by atoms with Crippen LogP contribution in [0, 0.1) is 0 Å². The van der Waals surface area contributed by atoms with Gasteiger partial charge in [-0.25, -0.2) is 0 Å². The Morgan fingerprint density at radius 2 is 1.85 bits per heavy atom. The van der Waals surface area contributed by atoms with E-state index >= 15 is 0 Å². The molecule has 0 saturated heterocycles. The number of hydrogen-bond acceptors (Lipinski definition) is 2. The smallest absolute Gasteiger partial charge is 0.308 e. The highest BCUT2D eigenvalue weighted by molar-refractivity contribution is 9.10. The number of rotatable bonds is 3. The Bertz CT molecular complexity index is 599. The number of pyridine rings is 1. The predicted octanol–water partition coefficient (Wildman–Crippen LogP) is 4.17. The molecule has 0 bridgehead atoms. The van der Waals surface area contributed by atoms with E-state index in [4.69, 9.17) is 0 Å². The van der Waals surface area contributed by atoms with Gasteiger partial charge in [-0.05, 0) is 46.7 Å². The lowest BCUT2D eigenvalue weighted by Gasteiger charge is -2.21. The van der Waals surface area contributed by atoms with E-state index in [-0.39, 0.29) is 5.56 Å². The molecule has 1 unspecified atom stereocenters. The molecule has 0 radical (unpaired) electrons. The first-order valence-electron chi connectivity index (χ1n) is 5.89. The van der Waals surface area contributed by atoms with Gasteiger partial charge in [0.05, 0.1) is 17.3 Å². The predicted molar refractivity (Wildman–Crippen MR) is 74.3 cm³/mol. The van der Waals surface area contributed by atoms with Crippen LogP contribution >= 0.6 is 15.9 Å². The molecule has 0 aliphatic carbocycles. The standard InChI is InChI=1S/C14H12BrF3N2/c1-19-12(13-11(15)7-4-8-20-13)9-5-2-3-6-10(9)14(16,17)18/h2-8,12,19H,1H3. The van der Waals surface area contributed by atoms with Crippen molar-refractivity contribution in [2.45, 2.75) is 12.2 Å². The van der Waals surface area contributed by atoms with Gasteiger partial charge in [-0.15, -0.1) is 0 Å². The van der Waals surface area contributed by atoms with Crippen LogP contribution in [0.15, 0.2) is 47.1 Å². The van der Waals surface area contributed by atoms with Gasteiger partial charge < -0.3 is 5.32 Å². The van der Waals surface area contributed by atoms with Crippen molar-refractivity contribution < 1.29 is 13.2 Å². The third kappa shape index (κ3) is 3.02. The van der Waals surface area contributed by atoms with Crippen LogP contribution in [0.2, 0.25) is 0 Å². The van der Waals surface area contributed by atoms with Crippen LogP contribution in [0.1, 0.15) is 22.9 Å². The molecule has 1 N–H and O–H groups in total. The number of halogens is 4. The van der Waals surface area contributed by atoms with Crippen molar-refractivity contribution >= 4 is 15.9 Å². The summed E-state index contributed by atoms with van der Waals surface area (Å²) in [6, 6.07) is 8.35. The third-order valence-electron chi connectivity index (χ3n) is 2.93. The Kier molecular flexibility index (Phi) is 4.45. The fraction of sp³-hybridized carbons (Fsp3) is 0.214. The van der Waals surface area contributed by atoms with E-state index in [0.717, 1.165) is 6.07 Å². The summed E-state index contributed by atoms with van der Waals surface area (Å²) in [4.78, 5) is 4.17. The lowest BCUT2D eigenvalue weighted by Crippen LogP contribution is -2.23. The molecule has 20 heavy (non-hydrogen) atoms. The highest BCUT2D eigenvalue weighted by Gasteiger charge is 2.35. The summed E-state index contributed by atoms with van der Waals surface area (Å²) < 4.78 is 40.0. The molecule has 0 aliphatic heterocycles. The molecule has 0 fully saturated rings. The monoisotopic (exact) mass is 344 g/mol. The van der Waals surface area contributed by atoms with Gasteiger partial charge in [0, 0.05) is 10.7 Å². The number of nitrogens with one attached hydrogen (secondary N) is 1. The lowest BCUT2D eigenvalue weighted by atomic mass is 9.97. The minimum absolute atomic E-state index is 0.155. The molecule has 106 valence electrons. The van der Waals surface area contributed by atoms with Crippen molar-refractivity contribution in [3.8, 4) is 0 Å². The summed E-state index contributed by atoms with van der Waals surface area (Å²) >= 11 is 3.33. The number of benzene rings is 1. The van der Waals surface area contributed by atoms with E-state index in [2.05, 4.69) is 26.2 Å². The van der Waals surface area contributed by atoms with Crippen LogP contribution in [-0.4, -0.2) is 12.0 Å². The summed E-state index contributed by atoms with van der Waals surface area (Å²) in [5.74, 6) is 0. The average molecular weight is 345 g/mol. The highest BCUT2D eigenvalue weighted by atomic mass is 79.9. The van der Waals surface area contributed by atoms with Crippen molar-refractivity contribution in [1.82, 2.24) is 10.3 Å². The summed E-state index contributed by atoms with van der Waals surface area (Å²) in [7, 11) is 1.61. The van der Waals surface area contributed by atoms with Crippen molar-refractivity contribution in [1.29, 1.82) is 0 Å². The van der Waals surface area contributed by atoms with Gasteiger partial charge in [0.2, 0.25) is 0 Å². The first-order valence-corrected chi connectivity index (χ1v) is 6.68. The van der Waals surface area contributed by atoms with Gasteiger partial charge in [-0.3, -0.25) is 4.98 Å². The lowest BCUT2D eigenvalue weighted by molar-refractivity contribution is -0.138. The molecule has 1 aromatic heterocycles. The van der Waals surface area contributed by atoms with Crippen molar-refractivity contribution in [3.05, 3.63) is 63.9 Å². The van der Waals surface area contributed by atoms with Gasteiger partial charge in [0.1, 0.15) is 0 Å². The minimum atomic E-state index is -4.40. The second-order valence-electron chi connectivity index (χ2n) is 4.18. The van der Waals surface area contributed by atoms with Crippen LogP contribution in [0.4, 0.5) is 13.2 Å². The maximum absolute atomic E-state index is 13.1. The average Bonchev–Trinajstić information content (AvgIpc) is 2.41. The summed E-state index contributed by atoms with van der Waals surface area (Å²) in [5, 5.41) is 2.90. The zero-order valence-corrected chi connectivity index (χ0v) is 12.2. The van der Waals surface area contributed by atoms with Crippen LogP contribution in [-0.2, 0) is 6.18 Å². The molecular weight excluding hydrogens is 333 g/mol. The van der Waals surface area contributed by atoms with Crippen molar-refractivity contribution in [2.75, 3.05) is 7.05 Å². The van der Waals surface area contributed by atoms with E-state index in [1.807, 2.05) is 0 Å². The Morgan fingerprint density at radius 1 is 1.15 bits per heavy atom. The summed E-state index contributed by atoms with van der Waals surface area (Å²) in [5.41, 5.74) is 0.0190. The molecule has 2 rings (SSSR count). The molecule has 0 amide bonds. The molecule has 0 saturated carbocycles. The van der Waals surface area contributed by atoms with Crippen LogP contribution in [0.25, 0.3) is 0 Å². The van der Waals surface area contributed by atoms with Crippen LogP contribution < -0.4 is 5.32 Å². The van der Waals surface area contributed by atoms with Crippen molar-refractivity contribution in [3.63, 3.8) is 0 Å². The molecule has 2 aromatic rings.